The Bertz CT molecular complexity index is 1560. The summed E-state index contributed by atoms with van der Waals surface area (Å²) in [6.45, 7) is 2.05. The van der Waals surface area contributed by atoms with Crippen molar-refractivity contribution in [2.75, 3.05) is 27.5 Å². The number of carbonyl (C=O) groups is 2. The Kier molecular flexibility index (Phi) is 6.60. The fraction of sp³-hybridized carbons (Fsp3) is 0.148. The van der Waals surface area contributed by atoms with E-state index < -0.39 is 17.6 Å². The van der Waals surface area contributed by atoms with E-state index in [0.29, 0.717) is 28.7 Å². The number of carbonyl (C=O) groups excluding carboxylic acids is 2. The number of nitrogens with zero attached hydrogens (tertiary/aromatic N) is 5. The van der Waals surface area contributed by atoms with Crippen molar-refractivity contribution in [1.82, 2.24) is 15.0 Å². The van der Waals surface area contributed by atoms with Crippen molar-refractivity contribution in [2.45, 2.75) is 19.6 Å². The molecule has 0 radical (unpaired) electrons. The molecule has 9 nitrogen and oxygen atoms in total. The quantitative estimate of drug-likeness (QED) is 0.338. The van der Waals surface area contributed by atoms with Gasteiger partial charge in [0.15, 0.2) is 0 Å². The Labute approximate surface area is 221 Å². The largest absolute Gasteiger partial charge is 0.416 e. The Morgan fingerprint density at radius 1 is 0.974 bits per heavy atom. The number of aryl methyl sites for hydroxylation is 1. The van der Waals surface area contributed by atoms with E-state index >= 15 is 0 Å². The zero-order chi connectivity index (χ0) is 27.7. The fourth-order valence-corrected chi connectivity index (χ4v) is 4.20. The molecule has 0 spiro atoms. The number of nitrogens with one attached hydrogen (secondary N) is 2. The van der Waals surface area contributed by atoms with Gasteiger partial charge in [0.25, 0.3) is 5.91 Å². The maximum Gasteiger partial charge on any atom is 0.416 e. The molecule has 1 aliphatic rings. The number of alkyl halides is 3. The van der Waals surface area contributed by atoms with Crippen LogP contribution in [0.4, 0.5) is 46.7 Å². The molecular formula is C27H22F3N7O2. The maximum atomic E-state index is 13.4. The molecule has 0 unspecified atom stereocenters. The third kappa shape index (κ3) is 5.35. The molecule has 0 bridgehead atoms. The Morgan fingerprint density at radius 2 is 1.79 bits per heavy atom. The van der Waals surface area contributed by atoms with E-state index in [9.17, 15) is 22.8 Å². The second-order valence-corrected chi connectivity index (χ2v) is 8.88. The van der Waals surface area contributed by atoms with Crippen LogP contribution in [0, 0.1) is 6.92 Å². The number of aromatic nitrogens is 3. The van der Waals surface area contributed by atoms with Gasteiger partial charge in [-0.2, -0.15) is 13.2 Å². The number of halogens is 3. The summed E-state index contributed by atoms with van der Waals surface area (Å²) in [5.74, 6) is 0.310. The van der Waals surface area contributed by atoms with Crippen molar-refractivity contribution >= 4 is 40.6 Å². The first kappa shape index (κ1) is 25.6. The van der Waals surface area contributed by atoms with Crippen LogP contribution in [-0.4, -0.2) is 33.9 Å². The van der Waals surface area contributed by atoms with E-state index in [-0.39, 0.29) is 18.1 Å². The normalized spacial score (nSPS) is 13.2. The van der Waals surface area contributed by atoms with Gasteiger partial charge in [0.05, 0.1) is 29.7 Å². The van der Waals surface area contributed by atoms with E-state index in [1.807, 2.05) is 6.92 Å². The lowest BCUT2D eigenvalue weighted by molar-refractivity contribution is -0.137. The Balaban J connectivity index is 1.38. The first-order chi connectivity index (χ1) is 18.6. The molecular weight excluding hydrogens is 511 g/mol. The lowest BCUT2D eigenvalue weighted by atomic mass is 10.1. The van der Waals surface area contributed by atoms with Gasteiger partial charge >= 0.3 is 12.2 Å². The SMILES string of the molecule is Cc1ccc(NC(=O)c2cccc(C(F)(F)F)c2)cc1N1Cc2cnc(Nc3cnccn3)cc2N(C)C1=O. The molecule has 39 heavy (non-hydrogen) atoms. The Morgan fingerprint density at radius 3 is 2.54 bits per heavy atom. The number of urea groups is 1. The van der Waals surface area contributed by atoms with Crippen LogP contribution in [0.25, 0.3) is 0 Å². The van der Waals surface area contributed by atoms with E-state index in [4.69, 9.17) is 0 Å². The summed E-state index contributed by atoms with van der Waals surface area (Å²) in [4.78, 5) is 41.8. The van der Waals surface area contributed by atoms with Gasteiger partial charge in [0.2, 0.25) is 0 Å². The average Bonchev–Trinajstić information content (AvgIpc) is 2.92. The summed E-state index contributed by atoms with van der Waals surface area (Å²) in [6, 6.07) is 10.6. The van der Waals surface area contributed by atoms with Crippen LogP contribution in [0.5, 0.6) is 0 Å². The van der Waals surface area contributed by atoms with Crippen molar-refractivity contribution in [3.05, 3.63) is 95.6 Å². The van der Waals surface area contributed by atoms with E-state index in [1.165, 1.54) is 17.0 Å². The van der Waals surface area contributed by atoms with Gasteiger partial charge in [-0.1, -0.05) is 12.1 Å². The van der Waals surface area contributed by atoms with Gasteiger partial charge in [-0.3, -0.25) is 19.6 Å². The molecule has 0 saturated carbocycles. The third-order valence-electron chi connectivity index (χ3n) is 6.20. The van der Waals surface area contributed by atoms with E-state index in [1.54, 1.807) is 61.0 Å². The average molecular weight is 534 g/mol. The van der Waals surface area contributed by atoms with Gasteiger partial charge in [0.1, 0.15) is 11.6 Å². The monoisotopic (exact) mass is 533 g/mol. The third-order valence-corrected chi connectivity index (χ3v) is 6.20. The lowest BCUT2D eigenvalue weighted by Gasteiger charge is -2.35. The maximum absolute atomic E-state index is 13.4. The highest BCUT2D eigenvalue weighted by atomic mass is 19.4. The molecule has 0 fully saturated rings. The Hall–Kier alpha value is -5.00. The zero-order valence-corrected chi connectivity index (χ0v) is 20.8. The van der Waals surface area contributed by atoms with Gasteiger partial charge in [-0.05, 0) is 42.8 Å². The van der Waals surface area contributed by atoms with E-state index in [0.717, 1.165) is 23.3 Å². The molecule has 3 amide bonds. The zero-order valence-electron chi connectivity index (χ0n) is 20.8. The molecule has 0 aliphatic carbocycles. The van der Waals surface area contributed by atoms with Crippen molar-refractivity contribution < 1.29 is 22.8 Å². The van der Waals surface area contributed by atoms with Crippen molar-refractivity contribution in [2.24, 2.45) is 0 Å². The summed E-state index contributed by atoms with van der Waals surface area (Å²) in [7, 11) is 1.65. The fourth-order valence-electron chi connectivity index (χ4n) is 4.20. The molecule has 5 rings (SSSR count). The number of hydrogen-bond acceptors (Lipinski definition) is 6. The van der Waals surface area contributed by atoms with Gasteiger partial charge in [0, 0.05) is 48.5 Å². The summed E-state index contributed by atoms with van der Waals surface area (Å²) < 4.78 is 39.2. The topological polar surface area (TPSA) is 103 Å². The summed E-state index contributed by atoms with van der Waals surface area (Å²) in [6.07, 6.45) is 1.76. The van der Waals surface area contributed by atoms with Crippen LogP contribution in [0.1, 0.15) is 27.0 Å². The second-order valence-electron chi connectivity index (χ2n) is 8.88. The highest BCUT2D eigenvalue weighted by Gasteiger charge is 2.32. The minimum atomic E-state index is -4.56. The van der Waals surface area contributed by atoms with Crippen molar-refractivity contribution in [1.29, 1.82) is 0 Å². The van der Waals surface area contributed by atoms with Crippen molar-refractivity contribution in [3.63, 3.8) is 0 Å². The van der Waals surface area contributed by atoms with E-state index in [2.05, 4.69) is 25.6 Å². The predicted octanol–water partition coefficient (Wildman–Crippen LogP) is 5.77. The number of benzene rings is 2. The molecule has 2 aromatic carbocycles. The standard InChI is InChI=1S/C27H22F3N7O2/c1-16-6-7-20(34-25(38)17-4-3-5-19(10-17)27(28,29)30)11-21(16)37-15-18-13-33-23(12-22(18)36(2)26(37)39)35-24-14-31-8-9-32-24/h3-14H,15H2,1-2H3,(H,34,38)(H,32,33,35). The van der Waals surface area contributed by atoms with Crippen LogP contribution in [-0.2, 0) is 12.7 Å². The number of fused-ring (bicyclic) bond motifs is 1. The highest BCUT2D eigenvalue weighted by Crippen LogP contribution is 2.35. The summed E-state index contributed by atoms with van der Waals surface area (Å²) in [5.41, 5.74) is 2.06. The smallest absolute Gasteiger partial charge is 0.324 e. The summed E-state index contributed by atoms with van der Waals surface area (Å²) >= 11 is 0. The molecule has 2 N–H and O–H groups in total. The molecule has 1 aliphatic heterocycles. The number of amides is 3. The molecule has 4 aromatic rings. The lowest BCUT2D eigenvalue weighted by Crippen LogP contribution is -2.45. The minimum absolute atomic E-state index is 0.133. The minimum Gasteiger partial charge on any atom is -0.324 e. The molecule has 12 heteroatoms. The number of anilines is 5. The highest BCUT2D eigenvalue weighted by molar-refractivity contribution is 6.08. The van der Waals surface area contributed by atoms with Gasteiger partial charge in [-0.25, -0.2) is 14.8 Å². The number of rotatable bonds is 5. The van der Waals surface area contributed by atoms with Crippen LogP contribution in [0.15, 0.2) is 73.3 Å². The molecule has 0 saturated heterocycles. The molecule has 0 atom stereocenters. The second kappa shape index (κ2) is 10.0. The van der Waals surface area contributed by atoms with Crippen LogP contribution in [0.2, 0.25) is 0 Å². The van der Waals surface area contributed by atoms with Crippen molar-refractivity contribution in [3.8, 4) is 0 Å². The van der Waals surface area contributed by atoms with Crippen LogP contribution >= 0.6 is 0 Å². The first-order valence-corrected chi connectivity index (χ1v) is 11.8. The molecule has 198 valence electrons. The van der Waals surface area contributed by atoms with Crippen LogP contribution in [0.3, 0.4) is 0 Å². The summed E-state index contributed by atoms with van der Waals surface area (Å²) in [5, 5.41) is 5.68. The first-order valence-electron chi connectivity index (χ1n) is 11.8. The number of hydrogen-bond donors (Lipinski definition) is 2. The number of pyridine rings is 1. The molecule has 2 aromatic heterocycles. The van der Waals surface area contributed by atoms with Crippen LogP contribution < -0.4 is 20.4 Å². The predicted molar refractivity (Wildman–Crippen MR) is 140 cm³/mol. The molecule has 3 heterocycles. The van der Waals surface area contributed by atoms with Gasteiger partial charge < -0.3 is 10.6 Å². The van der Waals surface area contributed by atoms with Gasteiger partial charge in [-0.15, -0.1) is 0 Å².